The van der Waals surface area contributed by atoms with Gasteiger partial charge in [0.2, 0.25) is 5.88 Å². The van der Waals surface area contributed by atoms with Crippen LogP contribution in [-0.2, 0) is 0 Å². The monoisotopic (exact) mass is 536 g/mol. The lowest BCUT2D eigenvalue weighted by molar-refractivity contribution is 0.0685. The highest BCUT2D eigenvalue weighted by atomic mass is 16.3. The second-order valence-electron chi connectivity index (χ2n) is 10.2. The standard InChI is InChI=1S/C30H44N6O3/c1-6-10-12-22(8-3)19-35(20-23(9-4)13-11-7-2)28(37)24-14-16-25(17-15-24)33-34-27-21(5)26(18-31)29(38)36(32)30(27)39/h14-17,22-23,38H,6-13,19-20,32H2,1-5H3. The normalized spacial score (nSPS) is 12.8. The highest BCUT2D eigenvalue weighted by Gasteiger charge is 2.23. The molecule has 0 aliphatic heterocycles. The Morgan fingerprint density at radius 2 is 1.56 bits per heavy atom. The summed E-state index contributed by atoms with van der Waals surface area (Å²) < 4.78 is 0.477. The Bertz CT molecular complexity index is 1200. The lowest BCUT2D eigenvalue weighted by Gasteiger charge is -2.31. The number of amides is 1. The number of nitrogen functional groups attached to an aromatic ring is 1. The van der Waals surface area contributed by atoms with Crippen LogP contribution >= 0.6 is 0 Å². The van der Waals surface area contributed by atoms with Gasteiger partial charge in [-0.15, -0.1) is 5.11 Å². The minimum atomic E-state index is -0.766. The zero-order valence-electron chi connectivity index (χ0n) is 24.1. The number of nitriles is 1. The number of hydrogen-bond donors (Lipinski definition) is 2. The molecule has 1 aromatic heterocycles. The molecular weight excluding hydrogens is 492 g/mol. The molecule has 2 rings (SSSR count). The van der Waals surface area contributed by atoms with Crippen molar-refractivity contribution in [1.82, 2.24) is 9.58 Å². The molecule has 39 heavy (non-hydrogen) atoms. The van der Waals surface area contributed by atoms with E-state index >= 15 is 0 Å². The summed E-state index contributed by atoms with van der Waals surface area (Å²) in [5.74, 6) is 5.93. The van der Waals surface area contributed by atoms with Gasteiger partial charge in [-0.1, -0.05) is 66.2 Å². The predicted octanol–water partition coefficient (Wildman–Crippen LogP) is 6.74. The molecule has 0 aliphatic rings. The highest BCUT2D eigenvalue weighted by Crippen LogP contribution is 2.26. The number of aromatic nitrogens is 1. The van der Waals surface area contributed by atoms with Crippen LogP contribution in [0.5, 0.6) is 5.88 Å². The third-order valence-electron chi connectivity index (χ3n) is 7.43. The van der Waals surface area contributed by atoms with Crippen LogP contribution in [0.25, 0.3) is 0 Å². The van der Waals surface area contributed by atoms with Crippen molar-refractivity contribution in [1.29, 1.82) is 5.26 Å². The molecule has 1 aromatic carbocycles. The summed E-state index contributed by atoms with van der Waals surface area (Å²) in [6.45, 7) is 11.8. The number of hydrogen-bond acceptors (Lipinski definition) is 7. The average molecular weight is 537 g/mol. The Hall–Kier alpha value is -3.67. The minimum absolute atomic E-state index is 0.0162. The second-order valence-corrected chi connectivity index (χ2v) is 10.2. The molecule has 2 unspecified atom stereocenters. The number of carbonyl (C=O) groups excluding carboxylic acids is 1. The number of pyridine rings is 1. The van der Waals surface area contributed by atoms with E-state index in [2.05, 4.69) is 37.9 Å². The molecule has 0 bridgehead atoms. The molecule has 9 heteroatoms. The quantitative estimate of drug-likeness (QED) is 0.192. The van der Waals surface area contributed by atoms with Gasteiger partial charge in [0, 0.05) is 24.2 Å². The highest BCUT2D eigenvalue weighted by molar-refractivity contribution is 5.94. The topological polar surface area (TPSA) is 137 Å². The zero-order chi connectivity index (χ0) is 28.9. The molecule has 2 atom stereocenters. The molecule has 2 aromatic rings. The first-order valence-electron chi connectivity index (χ1n) is 14.2. The van der Waals surface area contributed by atoms with Gasteiger partial charge in [0.15, 0.2) is 5.69 Å². The third-order valence-corrected chi connectivity index (χ3v) is 7.43. The molecule has 0 fully saturated rings. The van der Waals surface area contributed by atoms with Gasteiger partial charge in [0.25, 0.3) is 11.5 Å². The second kappa shape index (κ2) is 15.7. The molecule has 0 spiro atoms. The fourth-order valence-corrected chi connectivity index (χ4v) is 4.69. The molecular formula is C30H44N6O3. The van der Waals surface area contributed by atoms with E-state index in [1.807, 2.05) is 11.0 Å². The van der Waals surface area contributed by atoms with Crippen LogP contribution in [0, 0.1) is 30.1 Å². The first-order chi connectivity index (χ1) is 18.7. The SMILES string of the molecule is CCCCC(CC)CN(CC(CC)CCCC)C(=O)c1ccc(N=Nc2c(C)c(C#N)c(O)n(N)c2=O)cc1. The molecule has 0 saturated heterocycles. The van der Waals surface area contributed by atoms with Crippen LogP contribution in [0.3, 0.4) is 0 Å². The first-order valence-corrected chi connectivity index (χ1v) is 14.2. The van der Waals surface area contributed by atoms with Crippen LogP contribution < -0.4 is 11.4 Å². The largest absolute Gasteiger partial charge is 0.492 e. The molecule has 3 N–H and O–H groups in total. The molecule has 9 nitrogen and oxygen atoms in total. The molecule has 1 amide bonds. The van der Waals surface area contributed by atoms with Gasteiger partial charge in [-0.2, -0.15) is 15.1 Å². The summed E-state index contributed by atoms with van der Waals surface area (Å²) in [4.78, 5) is 28.2. The molecule has 0 saturated carbocycles. The molecule has 0 aliphatic carbocycles. The number of carbonyl (C=O) groups is 1. The summed E-state index contributed by atoms with van der Waals surface area (Å²) in [5.41, 5.74) is 0.180. The lowest BCUT2D eigenvalue weighted by atomic mass is 9.95. The maximum Gasteiger partial charge on any atom is 0.299 e. The van der Waals surface area contributed by atoms with Gasteiger partial charge in [0.1, 0.15) is 11.6 Å². The Balaban J connectivity index is 2.30. The summed E-state index contributed by atoms with van der Waals surface area (Å²) in [7, 11) is 0. The lowest BCUT2D eigenvalue weighted by Crippen LogP contribution is -2.39. The van der Waals surface area contributed by atoms with E-state index in [1.54, 1.807) is 24.3 Å². The predicted molar refractivity (Wildman–Crippen MR) is 155 cm³/mol. The summed E-state index contributed by atoms with van der Waals surface area (Å²) in [6, 6.07) is 8.65. The van der Waals surface area contributed by atoms with E-state index in [-0.39, 0.29) is 22.7 Å². The number of benzene rings is 1. The van der Waals surface area contributed by atoms with Crippen molar-refractivity contribution in [3.8, 4) is 11.9 Å². The van der Waals surface area contributed by atoms with Crippen molar-refractivity contribution < 1.29 is 9.90 Å². The fraction of sp³-hybridized carbons (Fsp3) is 0.567. The average Bonchev–Trinajstić information content (AvgIpc) is 2.95. The number of rotatable bonds is 15. The van der Waals surface area contributed by atoms with Gasteiger partial charge in [0.05, 0.1) is 5.69 Å². The van der Waals surface area contributed by atoms with Gasteiger partial charge in [-0.3, -0.25) is 9.59 Å². The van der Waals surface area contributed by atoms with E-state index in [1.165, 1.54) is 19.8 Å². The van der Waals surface area contributed by atoms with E-state index in [0.717, 1.165) is 51.6 Å². The summed E-state index contributed by atoms with van der Waals surface area (Å²) in [6.07, 6.45) is 8.96. The summed E-state index contributed by atoms with van der Waals surface area (Å²) in [5, 5.41) is 27.3. The van der Waals surface area contributed by atoms with Crippen LogP contribution in [-0.4, -0.2) is 33.7 Å². The van der Waals surface area contributed by atoms with Gasteiger partial charge in [-0.05, 0) is 55.9 Å². The first kappa shape index (κ1) is 31.5. The van der Waals surface area contributed by atoms with Crippen molar-refractivity contribution in [2.75, 3.05) is 18.9 Å². The van der Waals surface area contributed by atoms with Crippen molar-refractivity contribution >= 4 is 17.3 Å². The molecule has 0 radical (unpaired) electrons. The molecule has 1 heterocycles. The fourth-order valence-electron chi connectivity index (χ4n) is 4.69. The van der Waals surface area contributed by atoms with E-state index in [0.29, 0.717) is 27.8 Å². The van der Waals surface area contributed by atoms with Crippen LogP contribution in [0.15, 0.2) is 39.3 Å². The summed E-state index contributed by atoms with van der Waals surface area (Å²) >= 11 is 0. The van der Waals surface area contributed by atoms with Crippen molar-refractivity contribution in [3.05, 3.63) is 51.3 Å². The van der Waals surface area contributed by atoms with E-state index in [9.17, 15) is 20.0 Å². The number of nitrogens with zero attached hydrogens (tertiary/aromatic N) is 5. The Morgan fingerprint density at radius 1 is 1.03 bits per heavy atom. The van der Waals surface area contributed by atoms with Crippen molar-refractivity contribution in [2.24, 2.45) is 22.1 Å². The smallest absolute Gasteiger partial charge is 0.299 e. The van der Waals surface area contributed by atoms with Gasteiger partial charge >= 0.3 is 0 Å². The van der Waals surface area contributed by atoms with Crippen LogP contribution in [0.4, 0.5) is 11.4 Å². The van der Waals surface area contributed by atoms with Gasteiger partial charge < -0.3 is 15.8 Å². The number of nitrogens with two attached hydrogens (primary N) is 1. The number of azo groups is 1. The minimum Gasteiger partial charge on any atom is -0.492 e. The van der Waals surface area contributed by atoms with E-state index in [4.69, 9.17) is 5.84 Å². The number of aromatic hydroxyl groups is 1. The van der Waals surface area contributed by atoms with Crippen molar-refractivity contribution in [2.45, 2.75) is 86.0 Å². The van der Waals surface area contributed by atoms with Crippen molar-refractivity contribution in [3.63, 3.8) is 0 Å². The Labute approximate surface area is 232 Å². The van der Waals surface area contributed by atoms with Crippen LogP contribution in [0.2, 0.25) is 0 Å². The number of unbranched alkanes of at least 4 members (excludes halogenated alkanes) is 2. The molecule has 212 valence electrons. The maximum absolute atomic E-state index is 13.7. The van der Waals surface area contributed by atoms with Crippen LogP contribution in [0.1, 0.15) is 101 Å². The maximum atomic E-state index is 13.7. The third kappa shape index (κ3) is 8.41. The Morgan fingerprint density at radius 3 is 2.03 bits per heavy atom. The van der Waals surface area contributed by atoms with Gasteiger partial charge in [-0.25, -0.2) is 0 Å². The Kier molecular flexibility index (Phi) is 12.7. The van der Waals surface area contributed by atoms with E-state index < -0.39 is 11.4 Å². The zero-order valence-corrected chi connectivity index (χ0v) is 24.1.